The first-order chi connectivity index (χ1) is 32.6. The van der Waals surface area contributed by atoms with E-state index in [9.17, 15) is 0 Å². The number of benzene rings is 9. The molecule has 0 atom stereocenters. The maximum absolute atomic E-state index is 2.55. The first-order valence-corrected chi connectivity index (χ1v) is 24.1. The monoisotopic (exact) mass is 859 g/mol. The third-order valence-electron chi connectivity index (χ3n) is 15.8. The van der Waals surface area contributed by atoms with Gasteiger partial charge in [-0.2, -0.15) is 0 Å². The van der Waals surface area contributed by atoms with Gasteiger partial charge in [-0.3, -0.25) is 0 Å². The highest BCUT2D eigenvalue weighted by molar-refractivity contribution is 6.08. The molecule has 67 heavy (non-hydrogen) atoms. The molecule has 322 valence electrons. The van der Waals surface area contributed by atoms with Crippen molar-refractivity contribution in [3.8, 4) is 44.5 Å². The Kier molecular flexibility index (Phi) is 8.63. The average Bonchev–Trinajstić information content (AvgIpc) is 3.92. The zero-order valence-corrected chi connectivity index (χ0v) is 39.0. The van der Waals surface area contributed by atoms with E-state index in [1.165, 1.54) is 105 Å². The zero-order chi connectivity index (χ0) is 45.2. The fourth-order valence-corrected chi connectivity index (χ4v) is 12.7. The smallest absolute Gasteiger partial charge is 0.0725 e. The summed E-state index contributed by atoms with van der Waals surface area (Å²) in [7, 11) is 0. The van der Waals surface area contributed by atoms with Gasteiger partial charge in [0, 0.05) is 22.4 Å². The molecule has 1 heteroatoms. The van der Waals surface area contributed by atoms with Crippen LogP contribution < -0.4 is 4.90 Å². The minimum Gasteiger partial charge on any atom is -0.310 e. The molecule has 0 saturated heterocycles. The van der Waals surface area contributed by atoms with E-state index in [0.29, 0.717) is 0 Å². The molecule has 0 fully saturated rings. The highest BCUT2D eigenvalue weighted by Gasteiger charge is 2.51. The molecule has 0 aromatic heterocycles. The Morgan fingerprint density at radius 1 is 0.478 bits per heavy atom. The maximum atomic E-state index is 2.55. The van der Waals surface area contributed by atoms with Crippen LogP contribution in [-0.4, -0.2) is 0 Å². The number of nitrogens with zero attached hydrogens (tertiary/aromatic N) is 1. The highest BCUT2D eigenvalue weighted by atomic mass is 15.1. The molecule has 0 unspecified atom stereocenters. The number of allylic oxidation sites excluding steroid dienone is 4. The summed E-state index contributed by atoms with van der Waals surface area (Å²) in [6, 6.07) is 73.9. The van der Waals surface area contributed by atoms with Crippen molar-refractivity contribution < 1.29 is 0 Å². The molecule has 0 radical (unpaired) electrons. The molecule has 1 spiro atoms. The Balaban J connectivity index is 1.06. The highest BCUT2D eigenvalue weighted by Crippen LogP contribution is 2.64. The molecule has 1 nitrogen and oxygen atoms in total. The van der Waals surface area contributed by atoms with Gasteiger partial charge in [-0.1, -0.05) is 216 Å². The van der Waals surface area contributed by atoms with Crippen LogP contribution in [0.5, 0.6) is 0 Å². The van der Waals surface area contributed by atoms with E-state index < -0.39 is 5.41 Å². The summed E-state index contributed by atoms with van der Waals surface area (Å²) in [5.74, 6) is 0. The molecular formula is C66H53N. The van der Waals surface area contributed by atoms with Gasteiger partial charge in [-0.05, 0) is 143 Å². The quantitative estimate of drug-likeness (QED) is 0.167. The lowest BCUT2D eigenvalue weighted by Crippen LogP contribution is -2.25. The Morgan fingerprint density at radius 2 is 1.03 bits per heavy atom. The minimum absolute atomic E-state index is 0.0984. The fourth-order valence-electron chi connectivity index (χ4n) is 12.7. The van der Waals surface area contributed by atoms with Crippen molar-refractivity contribution in [1.29, 1.82) is 0 Å². The van der Waals surface area contributed by atoms with Gasteiger partial charge in [0.2, 0.25) is 0 Å². The van der Waals surface area contributed by atoms with E-state index in [4.69, 9.17) is 0 Å². The number of anilines is 3. The molecule has 0 saturated carbocycles. The summed E-state index contributed by atoms with van der Waals surface area (Å²) in [5.41, 5.74) is 25.8. The van der Waals surface area contributed by atoms with Crippen molar-refractivity contribution in [3.05, 3.63) is 251 Å². The molecule has 4 aliphatic carbocycles. The third-order valence-corrected chi connectivity index (χ3v) is 15.8. The van der Waals surface area contributed by atoms with E-state index >= 15 is 0 Å². The van der Waals surface area contributed by atoms with Crippen LogP contribution in [0.2, 0.25) is 0 Å². The molecule has 13 rings (SSSR count). The van der Waals surface area contributed by atoms with Gasteiger partial charge in [0.25, 0.3) is 0 Å². The Morgan fingerprint density at radius 3 is 1.70 bits per heavy atom. The lowest BCUT2D eigenvalue weighted by Gasteiger charge is -2.33. The van der Waals surface area contributed by atoms with Crippen LogP contribution in [0.4, 0.5) is 17.1 Å². The average molecular weight is 860 g/mol. The van der Waals surface area contributed by atoms with Crippen molar-refractivity contribution in [2.45, 2.75) is 63.7 Å². The predicted octanol–water partition coefficient (Wildman–Crippen LogP) is 17.7. The van der Waals surface area contributed by atoms with E-state index in [-0.39, 0.29) is 10.8 Å². The van der Waals surface area contributed by atoms with E-state index in [0.717, 1.165) is 24.2 Å². The summed E-state index contributed by atoms with van der Waals surface area (Å²) in [4.78, 5) is 2.55. The zero-order valence-electron chi connectivity index (χ0n) is 39.0. The Hall–Kier alpha value is -7.48. The van der Waals surface area contributed by atoms with Gasteiger partial charge >= 0.3 is 0 Å². The van der Waals surface area contributed by atoms with Crippen LogP contribution in [0.15, 0.2) is 212 Å². The van der Waals surface area contributed by atoms with Crippen molar-refractivity contribution >= 4 is 33.4 Å². The Bertz CT molecular complexity index is 3520. The molecule has 4 aliphatic rings. The molecular weight excluding hydrogens is 807 g/mol. The first kappa shape index (κ1) is 39.8. The molecule has 0 bridgehead atoms. The largest absolute Gasteiger partial charge is 0.310 e. The summed E-state index contributed by atoms with van der Waals surface area (Å²) in [6.45, 7) is 11.8. The van der Waals surface area contributed by atoms with Crippen molar-refractivity contribution in [1.82, 2.24) is 0 Å². The molecule has 0 heterocycles. The lowest BCUT2D eigenvalue weighted by molar-refractivity contribution is 0.590. The van der Waals surface area contributed by atoms with Crippen LogP contribution >= 0.6 is 0 Å². The summed E-state index contributed by atoms with van der Waals surface area (Å²) < 4.78 is 0. The van der Waals surface area contributed by atoms with Crippen LogP contribution in [0.3, 0.4) is 0 Å². The minimum atomic E-state index is -0.405. The van der Waals surface area contributed by atoms with Gasteiger partial charge < -0.3 is 4.90 Å². The molecule has 9 aromatic rings. The maximum Gasteiger partial charge on any atom is 0.0725 e. The molecule has 0 N–H and O–H groups in total. The number of hydrogen-bond donors (Lipinski definition) is 0. The van der Waals surface area contributed by atoms with Crippen LogP contribution in [0.1, 0.15) is 86.4 Å². The first-order valence-electron chi connectivity index (χ1n) is 24.1. The lowest BCUT2D eigenvalue weighted by atomic mass is 9.70. The molecule has 0 amide bonds. The van der Waals surface area contributed by atoms with Crippen LogP contribution in [0, 0.1) is 0 Å². The van der Waals surface area contributed by atoms with E-state index in [2.05, 4.69) is 246 Å². The summed E-state index contributed by atoms with van der Waals surface area (Å²) in [6.07, 6.45) is 6.94. The number of rotatable bonds is 5. The van der Waals surface area contributed by atoms with Crippen molar-refractivity contribution in [2.75, 3.05) is 4.90 Å². The predicted molar refractivity (Wildman–Crippen MR) is 283 cm³/mol. The molecule has 0 aliphatic heterocycles. The third kappa shape index (κ3) is 5.67. The van der Waals surface area contributed by atoms with Gasteiger partial charge in [0.05, 0.1) is 11.1 Å². The van der Waals surface area contributed by atoms with Gasteiger partial charge in [0.15, 0.2) is 0 Å². The van der Waals surface area contributed by atoms with Crippen LogP contribution in [0.25, 0.3) is 60.9 Å². The van der Waals surface area contributed by atoms with Gasteiger partial charge in [-0.25, -0.2) is 0 Å². The van der Waals surface area contributed by atoms with Gasteiger partial charge in [0.1, 0.15) is 0 Å². The second-order valence-electron chi connectivity index (χ2n) is 20.7. The van der Waals surface area contributed by atoms with E-state index in [1.54, 1.807) is 5.57 Å². The second-order valence-corrected chi connectivity index (χ2v) is 20.7. The topological polar surface area (TPSA) is 3.24 Å². The number of hydrogen-bond acceptors (Lipinski definition) is 1. The normalized spacial score (nSPS) is 15.5. The van der Waals surface area contributed by atoms with E-state index in [1.807, 2.05) is 0 Å². The summed E-state index contributed by atoms with van der Waals surface area (Å²) >= 11 is 0. The second kappa shape index (κ2) is 14.5. The van der Waals surface area contributed by atoms with Crippen LogP contribution in [-0.2, 0) is 16.2 Å². The standard InChI is InChI=1S/C66H53N/c1-64(2,3)45-34-29-42(30-35-45)43-31-36-46(37-32-43)67(61-40-33-44-17-6-7-18-48(44)62(61)54-24-16-23-53-51-21-8-12-25-56(51)65(4,5)63(53)54)47-38-39-60-55(41-47)52-22-11-15-28-59(52)66(60)57-26-13-9-19-49(57)50-20-10-14-27-58(50)66/h6-11,13-24,26-41H,12,25H2,1-5H3. The van der Waals surface area contributed by atoms with Crippen molar-refractivity contribution in [3.63, 3.8) is 0 Å². The van der Waals surface area contributed by atoms with Crippen molar-refractivity contribution in [2.24, 2.45) is 0 Å². The summed E-state index contributed by atoms with van der Waals surface area (Å²) in [5, 5.41) is 2.50. The Labute approximate surface area is 395 Å². The van der Waals surface area contributed by atoms with Gasteiger partial charge in [-0.15, -0.1) is 0 Å². The fraction of sp³-hybridized carbons (Fsp3) is 0.152. The number of fused-ring (bicyclic) bond motifs is 13. The molecule has 9 aromatic carbocycles. The SMILES string of the molecule is CC(C)(C)c1ccc(-c2ccc(N(c3ccc4c(c3)-c3ccccc3C43c4ccccc4-c4ccccc43)c3ccc4ccccc4c3-c3cccc4c3C(C)(C)C3=C4C=CCC3)cc2)cc1.